The second-order valence-corrected chi connectivity index (χ2v) is 6.47. The van der Waals surface area contributed by atoms with Crippen molar-refractivity contribution in [3.63, 3.8) is 0 Å². The smallest absolute Gasteiger partial charge is 0.224 e. The van der Waals surface area contributed by atoms with E-state index < -0.39 is 0 Å². The molecule has 6 heteroatoms. The molecular weight excluding hydrogens is 294 g/mol. The molecule has 0 aromatic carbocycles. The van der Waals surface area contributed by atoms with Crippen molar-refractivity contribution in [1.82, 2.24) is 15.1 Å². The molecule has 3 heterocycles. The maximum atomic E-state index is 12.5. The van der Waals surface area contributed by atoms with Crippen molar-refractivity contribution in [3.8, 4) is 0 Å². The van der Waals surface area contributed by atoms with Gasteiger partial charge in [0.2, 0.25) is 5.91 Å². The van der Waals surface area contributed by atoms with Gasteiger partial charge in [-0.3, -0.25) is 9.48 Å². The number of hydrogen-bond donors (Lipinski definition) is 1. The first-order valence-corrected chi connectivity index (χ1v) is 8.09. The molecule has 2 aromatic heterocycles. The van der Waals surface area contributed by atoms with Crippen molar-refractivity contribution in [2.75, 3.05) is 6.61 Å². The molecule has 0 unspecified atom stereocenters. The standard InChI is InChI=1S/C17H21N3O3/c1-10-13(9-18-20(10)2)16-14(5-7-23-16)19-17(21)12-8-11(12)15-4-3-6-22-15/h3-4,6,9,11-12,14,16H,5,7-8H2,1-2H3,(H,19,21)/t11-,12+,14+,16-/m1/s1. The molecule has 6 nitrogen and oxygen atoms in total. The second kappa shape index (κ2) is 5.53. The number of furan rings is 1. The highest BCUT2D eigenvalue weighted by Crippen LogP contribution is 2.48. The Morgan fingerprint density at radius 3 is 3.04 bits per heavy atom. The Hall–Kier alpha value is -2.08. The number of aromatic nitrogens is 2. The lowest BCUT2D eigenvalue weighted by molar-refractivity contribution is -0.123. The number of carbonyl (C=O) groups excluding carboxylic acids is 1. The van der Waals surface area contributed by atoms with Gasteiger partial charge in [-0.15, -0.1) is 0 Å². The van der Waals surface area contributed by atoms with E-state index in [1.165, 1.54) is 0 Å². The number of rotatable bonds is 4. The van der Waals surface area contributed by atoms with Gasteiger partial charge in [-0.25, -0.2) is 0 Å². The van der Waals surface area contributed by atoms with Crippen LogP contribution in [0.4, 0.5) is 0 Å². The molecule has 122 valence electrons. The van der Waals surface area contributed by atoms with E-state index in [2.05, 4.69) is 10.4 Å². The largest absolute Gasteiger partial charge is 0.469 e. The molecular formula is C17H21N3O3. The van der Waals surface area contributed by atoms with Gasteiger partial charge in [0.15, 0.2) is 0 Å². The van der Waals surface area contributed by atoms with E-state index in [0.717, 1.165) is 29.9 Å². The minimum atomic E-state index is -0.103. The third-order valence-corrected chi connectivity index (χ3v) is 5.03. The Labute approximate surface area is 134 Å². The number of hydrogen-bond acceptors (Lipinski definition) is 4. The number of ether oxygens (including phenoxy) is 1. The number of aryl methyl sites for hydroxylation is 1. The summed E-state index contributed by atoms with van der Waals surface area (Å²) in [5.41, 5.74) is 2.14. The van der Waals surface area contributed by atoms with Crippen LogP contribution in [0.3, 0.4) is 0 Å². The van der Waals surface area contributed by atoms with Gasteiger partial charge in [0.25, 0.3) is 0 Å². The van der Waals surface area contributed by atoms with Crippen LogP contribution in [-0.4, -0.2) is 28.3 Å². The van der Waals surface area contributed by atoms with E-state index in [1.807, 2.05) is 37.0 Å². The minimum Gasteiger partial charge on any atom is -0.469 e. The predicted octanol–water partition coefficient (Wildman–Crippen LogP) is 2.07. The molecule has 2 aliphatic rings. The van der Waals surface area contributed by atoms with Crippen molar-refractivity contribution in [3.05, 3.63) is 41.6 Å². The summed E-state index contributed by atoms with van der Waals surface area (Å²) in [6.45, 7) is 2.69. The molecule has 2 aromatic rings. The Morgan fingerprint density at radius 2 is 2.35 bits per heavy atom. The normalized spacial score (nSPS) is 29.7. The molecule has 1 saturated carbocycles. The van der Waals surface area contributed by atoms with Crippen LogP contribution in [0, 0.1) is 12.8 Å². The highest BCUT2D eigenvalue weighted by Gasteiger charge is 2.47. The van der Waals surface area contributed by atoms with Gasteiger partial charge in [-0.2, -0.15) is 5.10 Å². The third-order valence-electron chi connectivity index (χ3n) is 5.03. The predicted molar refractivity (Wildman–Crippen MR) is 82.7 cm³/mol. The SMILES string of the molecule is Cc1c([C@H]2OCC[C@@H]2NC(=O)[C@H]2C[C@H]2c2ccco2)cnn1C. The quantitative estimate of drug-likeness (QED) is 0.938. The van der Waals surface area contributed by atoms with Crippen LogP contribution in [0.1, 0.15) is 41.9 Å². The molecule has 1 aliphatic carbocycles. The summed E-state index contributed by atoms with van der Waals surface area (Å²) in [4.78, 5) is 12.5. The fourth-order valence-corrected chi connectivity index (χ4v) is 3.43. The lowest BCUT2D eigenvalue weighted by Gasteiger charge is -2.20. The van der Waals surface area contributed by atoms with E-state index in [9.17, 15) is 4.79 Å². The first-order valence-electron chi connectivity index (χ1n) is 8.09. The molecule has 1 saturated heterocycles. The van der Waals surface area contributed by atoms with Gasteiger partial charge >= 0.3 is 0 Å². The topological polar surface area (TPSA) is 69.3 Å². The highest BCUT2D eigenvalue weighted by molar-refractivity contribution is 5.83. The summed E-state index contributed by atoms with van der Waals surface area (Å²) in [6, 6.07) is 3.83. The molecule has 0 spiro atoms. The van der Waals surface area contributed by atoms with Crippen LogP contribution < -0.4 is 5.32 Å². The zero-order chi connectivity index (χ0) is 16.0. The van der Waals surface area contributed by atoms with Crippen LogP contribution >= 0.6 is 0 Å². The molecule has 4 atom stereocenters. The van der Waals surface area contributed by atoms with Crippen molar-refractivity contribution >= 4 is 5.91 Å². The van der Waals surface area contributed by atoms with Crippen LogP contribution in [0.15, 0.2) is 29.0 Å². The van der Waals surface area contributed by atoms with Crippen molar-refractivity contribution in [2.24, 2.45) is 13.0 Å². The summed E-state index contributed by atoms with van der Waals surface area (Å²) in [5.74, 6) is 1.27. The minimum absolute atomic E-state index is 0.0169. The maximum absolute atomic E-state index is 12.5. The summed E-state index contributed by atoms with van der Waals surface area (Å²) < 4.78 is 13.1. The van der Waals surface area contributed by atoms with Gasteiger partial charge in [0.1, 0.15) is 11.9 Å². The fraction of sp³-hybridized carbons (Fsp3) is 0.529. The zero-order valence-corrected chi connectivity index (χ0v) is 13.4. The van der Waals surface area contributed by atoms with Gasteiger partial charge in [-0.05, 0) is 31.9 Å². The van der Waals surface area contributed by atoms with E-state index in [-0.39, 0.29) is 29.9 Å². The molecule has 0 bridgehead atoms. The Kier molecular flexibility index (Phi) is 3.49. The van der Waals surface area contributed by atoms with E-state index in [1.54, 1.807) is 6.26 Å². The van der Waals surface area contributed by atoms with Crippen LogP contribution in [0.25, 0.3) is 0 Å². The first-order chi connectivity index (χ1) is 11.1. The number of nitrogens with one attached hydrogen (secondary N) is 1. The van der Waals surface area contributed by atoms with Gasteiger partial charge in [-0.1, -0.05) is 0 Å². The van der Waals surface area contributed by atoms with Crippen LogP contribution in [-0.2, 0) is 16.6 Å². The summed E-state index contributed by atoms with van der Waals surface area (Å²) in [6.07, 6.45) is 5.10. The molecule has 1 aliphatic heterocycles. The average molecular weight is 315 g/mol. The van der Waals surface area contributed by atoms with E-state index in [0.29, 0.717) is 6.61 Å². The number of amides is 1. The van der Waals surface area contributed by atoms with E-state index in [4.69, 9.17) is 9.15 Å². The molecule has 2 fully saturated rings. The van der Waals surface area contributed by atoms with Crippen molar-refractivity contribution in [1.29, 1.82) is 0 Å². The first kappa shape index (κ1) is 14.5. The fourth-order valence-electron chi connectivity index (χ4n) is 3.43. The van der Waals surface area contributed by atoms with E-state index >= 15 is 0 Å². The van der Waals surface area contributed by atoms with Crippen molar-refractivity contribution < 1.29 is 13.9 Å². The lowest BCUT2D eigenvalue weighted by Crippen LogP contribution is -2.38. The Bertz CT molecular complexity index is 707. The third kappa shape index (κ3) is 2.57. The number of nitrogens with zero attached hydrogens (tertiary/aromatic N) is 2. The van der Waals surface area contributed by atoms with Crippen LogP contribution in [0.2, 0.25) is 0 Å². The Balaban J connectivity index is 1.42. The van der Waals surface area contributed by atoms with Crippen molar-refractivity contribution in [2.45, 2.75) is 37.8 Å². The van der Waals surface area contributed by atoms with Crippen LogP contribution in [0.5, 0.6) is 0 Å². The highest BCUT2D eigenvalue weighted by atomic mass is 16.5. The van der Waals surface area contributed by atoms with Gasteiger partial charge in [0.05, 0.1) is 18.5 Å². The summed E-state index contributed by atoms with van der Waals surface area (Å²) in [5, 5.41) is 7.45. The van der Waals surface area contributed by atoms with Gasteiger partial charge < -0.3 is 14.5 Å². The molecule has 4 rings (SSSR count). The molecule has 1 N–H and O–H groups in total. The molecule has 1 amide bonds. The molecule has 0 radical (unpaired) electrons. The Morgan fingerprint density at radius 1 is 1.48 bits per heavy atom. The second-order valence-electron chi connectivity index (χ2n) is 6.47. The summed E-state index contributed by atoms with van der Waals surface area (Å²) >= 11 is 0. The maximum Gasteiger partial charge on any atom is 0.224 e. The number of carbonyl (C=O) groups is 1. The monoisotopic (exact) mass is 315 g/mol. The summed E-state index contributed by atoms with van der Waals surface area (Å²) in [7, 11) is 1.92. The van der Waals surface area contributed by atoms with Gasteiger partial charge in [0, 0.05) is 36.7 Å². The zero-order valence-electron chi connectivity index (χ0n) is 13.4. The average Bonchev–Trinajstić information content (AvgIpc) is 2.90. The lowest BCUT2D eigenvalue weighted by atomic mass is 10.0. The molecule has 23 heavy (non-hydrogen) atoms.